The second-order valence-corrected chi connectivity index (χ2v) is 5.85. The number of rotatable bonds is 9. The largest absolute Gasteiger partial charge is 0.174 e. The van der Waals surface area contributed by atoms with Crippen LogP contribution in [0.3, 0.4) is 0 Å². The van der Waals surface area contributed by atoms with Gasteiger partial charge < -0.3 is 0 Å². The quantitative estimate of drug-likeness (QED) is 0.476. The summed E-state index contributed by atoms with van der Waals surface area (Å²) in [5, 5.41) is 7.82. The zero-order valence-corrected chi connectivity index (χ0v) is 11.1. The van der Waals surface area contributed by atoms with E-state index in [0.29, 0.717) is 0 Å². The number of unbranched alkanes of at least 4 members (excludes halogenated alkanes) is 6. The predicted molar refractivity (Wildman–Crippen MR) is 68.6 cm³/mol. The fourth-order valence-corrected chi connectivity index (χ4v) is 3.00. The van der Waals surface area contributed by atoms with Crippen LogP contribution in [0.4, 0.5) is 0 Å². The van der Waals surface area contributed by atoms with Crippen molar-refractivity contribution in [2.75, 3.05) is 5.75 Å². The Morgan fingerprint density at radius 3 is 2.53 bits per heavy atom. The van der Waals surface area contributed by atoms with Crippen molar-refractivity contribution in [1.29, 1.82) is 0 Å². The third kappa shape index (κ3) is 6.90. The molecule has 0 spiro atoms. The first-order valence-electron chi connectivity index (χ1n) is 5.82. The smallest absolute Gasteiger partial charge is 0.146 e. The van der Waals surface area contributed by atoms with Gasteiger partial charge in [-0.1, -0.05) is 68.5 Å². The molecule has 0 amide bonds. The van der Waals surface area contributed by atoms with Gasteiger partial charge in [0.15, 0.2) is 4.34 Å². The summed E-state index contributed by atoms with van der Waals surface area (Å²) in [6, 6.07) is 0. The van der Waals surface area contributed by atoms with Crippen LogP contribution in [0, 0.1) is 0 Å². The first kappa shape index (κ1) is 13.0. The van der Waals surface area contributed by atoms with Gasteiger partial charge in [-0.15, -0.1) is 10.2 Å². The van der Waals surface area contributed by atoms with Crippen LogP contribution < -0.4 is 0 Å². The zero-order valence-electron chi connectivity index (χ0n) is 9.45. The Labute approximate surface area is 101 Å². The van der Waals surface area contributed by atoms with Crippen LogP contribution in [0.2, 0.25) is 0 Å². The maximum absolute atomic E-state index is 4.01. The molecule has 1 aromatic heterocycles. The summed E-state index contributed by atoms with van der Waals surface area (Å²) in [4.78, 5) is 0. The molecule has 86 valence electrons. The summed E-state index contributed by atoms with van der Waals surface area (Å²) in [6.45, 7) is 2.26. The average Bonchev–Trinajstić information content (AvgIpc) is 2.75. The van der Waals surface area contributed by atoms with E-state index in [4.69, 9.17) is 0 Å². The molecule has 0 aromatic carbocycles. The SMILES string of the molecule is CCCCCCCCCSc1nncs1. The Hall–Kier alpha value is -0.0900. The molecule has 1 aromatic rings. The molecule has 0 saturated heterocycles. The van der Waals surface area contributed by atoms with Gasteiger partial charge in [0, 0.05) is 5.75 Å². The summed E-state index contributed by atoms with van der Waals surface area (Å²) >= 11 is 3.48. The van der Waals surface area contributed by atoms with E-state index < -0.39 is 0 Å². The molecule has 2 nitrogen and oxygen atoms in total. The molecule has 15 heavy (non-hydrogen) atoms. The summed E-state index contributed by atoms with van der Waals surface area (Å²) in [7, 11) is 0. The average molecular weight is 244 g/mol. The molecule has 0 aliphatic rings. The molecule has 1 rings (SSSR count). The highest BCUT2D eigenvalue weighted by molar-refractivity contribution is 8.00. The number of aromatic nitrogens is 2. The van der Waals surface area contributed by atoms with Crippen molar-refractivity contribution in [3.05, 3.63) is 5.51 Å². The number of nitrogens with zero attached hydrogens (tertiary/aromatic N) is 2. The minimum atomic E-state index is 1.11. The highest BCUT2D eigenvalue weighted by Gasteiger charge is 1.97. The number of thioether (sulfide) groups is 1. The molecular formula is C11H20N2S2. The van der Waals surface area contributed by atoms with E-state index in [0.717, 1.165) is 4.34 Å². The fourth-order valence-electron chi connectivity index (χ4n) is 1.44. The van der Waals surface area contributed by atoms with Crippen molar-refractivity contribution in [3.8, 4) is 0 Å². The Morgan fingerprint density at radius 2 is 1.87 bits per heavy atom. The first-order chi connectivity index (χ1) is 7.43. The number of hydrogen-bond acceptors (Lipinski definition) is 4. The molecule has 1 heterocycles. The Balaban J connectivity index is 1.81. The summed E-state index contributed by atoms with van der Waals surface area (Å²) in [5.41, 5.74) is 1.80. The Bertz CT molecular complexity index is 225. The topological polar surface area (TPSA) is 25.8 Å². The lowest BCUT2D eigenvalue weighted by Crippen LogP contribution is -1.82. The third-order valence-electron chi connectivity index (χ3n) is 2.31. The highest BCUT2D eigenvalue weighted by atomic mass is 32.2. The van der Waals surface area contributed by atoms with Gasteiger partial charge in [-0.05, 0) is 6.42 Å². The van der Waals surface area contributed by atoms with Crippen LogP contribution in [0.25, 0.3) is 0 Å². The van der Waals surface area contributed by atoms with Crippen LogP contribution in [0.1, 0.15) is 51.9 Å². The van der Waals surface area contributed by atoms with E-state index in [-0.39, 0.29) is 0 Å². The number of hydrogen-bond donors (Lipinski definition) is 0. The van der Waals surface area contributed by atoms with Gasteiger partial charge in [-0.25, -0.2) is 0 Å². The van der Waals surface area contributed by atoms with E-state index in [9.17, 15) is 0 Å². The Kier molecular flexibility index (Phi) is 7.92. The zero-order chi connectivity index (χ0) is 10.8. The second kappa shape index (κ2) is 9.16. The van der Waals surface area contributed by atoms with Crippen LogP contribution in [-0.2, 0) is 0 Å². The van der Waals surface area contributed by atoms with E-state index in [1.54, 1.807) is 16.8 Å². The van der Waals surface area contributed by atoms with Crippen molar-refractivity contribution in [2.24, 2.45) is 0 Å². The van der Waals surface area contributed by atoms with E-state index in [1.807, 2.05) is 11.8 Å². The molecule has 0 bridgehead atoms. The highest BCUT2D eigenvalue weighted by Crippen LogP contribution is 2.20. The summed E-state index contributed by atoms with van der Waals surface area (Å²) < 4.78 is 1.11. The van der Waals surface area contributed by atoms with Gasteiger partial charge in [0.1, 0.15) is 5.51 Å². The van der Waals surface area contributed by atoms with E-state index in [1.165, 1.54) is 50.7 Å². The molecule has 0 aliphatic carbocycles. The second-order valence-electron chi connectivity index (χ2n) is 3.67. The van der Waals surface area contributed by atoms with Gasteiger partial charge in [0.2, 0.25) is 0 Å². The van der Waals surface area contributed by atoms with Crippen LogP contribution in [-0.4, -0.2) is 16.0 Å². The molecule has 0 unspecified atom stereocenters. The maximum Gasteiger partial charge on any atom is 0.174 e. The normalized spacial score (nSPS) is 10.7. The van der Waals surface area contributed by atoms with Gasteiger partial charge in [0.05, 0.1) is 0 Å². The predicted octanol–water partition coefficient (Wildman–Crippen LogP) is 4.38. The van der Waals surface area contributed by atoms with Crippen molar-refractivity contribution in [3.63, 3.8) is 0 Å². The van der Waals surface area contributed by atoms with Gasteiger partial charge in [0.25, 0.3) is 0 Å². The Morgan fingerprint density at radius 1 is 1.13 bits per heavy atom. The fraction of sp³-hybridized carbons (Fsp3) is 0.818. The van der Waals surface area contributed by atoms with E-state index >= 15 is 0 Å². The molecule has 0 N–H and O–H groups in total. The van der Waals surface area contributed by atoms with E-state index in [2.05, 4.69) is 17.1 Å². The van der Waals surface area contributed by atoms with Gasteiger partial charge in [-0.2, -0.15) is 0 Å². The van der Waals surface area contributed by atoms with Gasteiger partial charge in [-0.3, -0.25) is 0 Å². The van der Waals surface area contributed by atoms with Gasteiger partial charge >= 0.3 is 0 Å². The standard InChI is InChI=1S/C11H20N2S2/c1-2-3-4-5-6-7-8-9-14-11-13-12-10-15-11/h10H,2-9H2,1H3. The van der Waals surface area contributed by atoms with Crippen molar-refractivity contribution in [1.82, 2.24) is 10.2 Å². The van der Waals surface area contributed by atoms with Crippen LogP contribution >= 0.6 is 23.1 Å². The minimum Gasteiger partial charge on any atom is -0.146 e. The first-order valence-corrected chi connectivity index (χ1v) is 7.69. The van der Waals surface area contributed by atoms with Crippen molar-refractivity contribution >= 4 is 23.1 Å². The molecule has 0 radical (unpaired) electrons. The van der Waals surface area contributed by atoms with Crippen molar-refractivity contribution in [2.45, 2.75) is 56.2 Å². The molecule has 0 aliphatic heterocycles. The summed E-state index contributed by atoms with van der Waals surface area (Å²) in [5.74, 6) is 1.20. The lowest BCUT2D eigenvalue weighted by Gasteiger charge is -1.99. The summed E-state index contributed by atoms with van der Waals surface area (Å²) in [6.07, 6.45) is 9.66. The van der Waals surface area contributed by atoms with Crippen LogP contribution in [0.5, 0.6) is 0 Å². The molecule has 0 atom stereocenters. The maximum atomic E-state index is 4.01. The van der Waals surface area contributed by atoms with Crippen LogP contribution in [0.15, 0.2) is 9.85 Å². The lowest BCUT2D eigenvalue weighted by atomic mass is 10.1. The minimum absolute atomic E-state index is 1.11. The lowest BCUT2D eigenvalue weighted by molar-refractivity contribution is 0.603. The molecule has 0 saturated carbocycles. The molecular weight excluding hydrogens is 224 g/mol. The molecule has 0 fully saturated rings. The van der Waals surface area contributed by atoms with Crippen molar-refractivity contribution < 1.29 is 0 Å². The molecule has 4 heteroatoms. The third-order valence-corrected chi connectivity index (χ3v) is 4.26. The monoisotopic (exact) mass is 244 g/mol.